The summed E-state index contributed by atoms with van der Waals surface area (Å²) < 4.78 is 26.9. The first kappa shape index (κ1) is 13.4. The molecule has 2 rings (SSSR count). The fourth-order valence-corrected chi connectivity index (χ4v) is 3.30. The van der Waals surface area contributed by atoms with Gasteiger partial charge in [-0.3, -0.25) is 10.1 Å². The highest BCUT2D eigenvalue weighted by Crippen LogP contribution is 2.30. The molecule has 0 saturated heterocycles. The number of sulfonamides is 1. The van der Waals surface area contributed by atoms with Crippen molar-refractivity contribution in [2.75, 3.05) is 6.54 Å². The van der Waals surface area contributed by atoms with E-state index in [1.807, 2.05) is 0 Å². The molecular weight excluding hydrogens is 324 g/mol. The molecule has 0 bridgehead atoms. The van der Waals surface area contributed by atoms with Crippen LogP contribution in [0.1, 0.15) is 12.8 Å². The standard InChI is InChI=1S/C10H11BrN2O4S/c11-8-3-4-9(13(14)15)10(5-8)18(16,17)12-6-7-1-2-7/h3-5,7,12H,1-2,6H2. The third-order valence-electron chi connectivity index (χ3n) is 2.67. The third kappa shape index (κ3) is 3.06. The van der Waals surface area contributed by atoms with Crippen molar-refractivity contribution in [3.63, 3.8) is 0 Å². The zero-order valence-corrected chi connectivity index (χ0v) is 11.7. The van der Waals surface area contributed by atoms with Crippen LogP contribution in [0.15, 0.2) is 27.6 Å². The normalized spacial score (nSPS) is 15.6. The second-order valence-electron chi connectivity index (χ2n) is 4.16. The summed E-state index contributed by atoms with van der Waals surface area (Å²) >= 11 is 3.12. The van der Waals surface area contributed by atoms with Gasteiger partial charge in [0.25, 0.3) is 5.69 Å². The second kappa shape index (κ2) is 4.94. The number of benzene rings is 1. The molecule has 1 saturated carbocycles. The van der Waals surface area contributed by atoms with E-state index in [4.69, 9.17) is 0 Å². The van der Waals surface area contributed by atoms with E-state index in [0.717, 1.165) is 12.8 Å². The minimum absolute atomic E-state index is 0.303. The summed E-state index contributed by atoms with van der Waals surface area (Å²) in [6, 6.07) is 3.86. The monoisotopic (exact) mass is 334 g/mol. The molecule has 8 heteroatoms. The lowest BCUT2D eigenvalue weighted by Gasteiger charge is -2.07. The summed E-state index contributed by atoms with van der Waals surface area (Å²) in [5.41, 5.74) is -0.415. The van der Waals surface area contributed by atoms with Crippen LogP contribution in [-0.4, -0.2) is 19.9 Å². The minimum atomic E-state index is -3.84. The fourth-order valence-electron chi connectivity index (χ4n) is 1.48. The first-order valence-electron chi connectivity index (χ1n) is 5.34. The van der Waals surface area contributed by atoms with Crippen LogP contribution in [-0.2, 0) is 10.0 Å². The Bertz CT molecular complexity index is 584. The molecule has 0 aliphatic heterocycles. The van der Waals surface area contributed by atoms with Gasteiger partial charge in [-0.05, 0) is 30.9 Å². The zero-order valence-electron chi connectivity index (χ0n) is 9.30. The predicted octanol–water partition coefficient (Wildman–Crippen LogP) is 2.05. The summed E-state index contributed by atoms with van der Waals surface area (Å²) in [7, 11) is -3.84. The van der Waals surface area contributed by atoms with Gasteiger partial charge >= 0.3 is 0 Å². The molecule has 1 N–H and O–H groups in total. The van der Waals surface area contributed by atoms with Crippen LogP contribution in [0, 0.1) is 16.0 Å². The maximum absolute atomic E-state index is 12.0. The van der Waals surface area contributed by atoms with Crippen molar-refractivity contribution in [3.05, 3.63) is 32.8 Å². The molecule has 18 heavy (non-hydrogen) atoms. The van der Waals surface area contributed by atoms with Gasteiger partial charge in [0.1, 0.15) is 0 Å². The van der Waals surface area contributed by atoms with Gasteiger partial charge in [0.05, 0.1) is 4.92 Å². The molecule has 0 unspecified atom stereocenters. The molecule has 1 fully saturated rings. The van der Waals surface area contributed by atoms with Gasteiger partial charge in [0.2, 0.25) is 10.0 Å². The predicted molar refractivity (Wildman–Crippen MR) is 68.7 cm³/mol. The summed E-state index contributed by atoms with van der Waals surface area (Å²) in [6.07, 6.45) is 2.01. The van der Waals surface area contributed by atoms with Crippen molar-refractivity contribution in [1.29, 1.82) is 0 Å². The molecule has 0 atom stereocenters. The quantitative estimate of drug-likeness (QED) is 0.659. The van der Waals surface area contributed by atoms with Crippen LogP contribution in [0.3, 0.4) is 0 Å². The van der Waals surface area contributed by atoms with Crippen molar-refractivity contribution < 1.29 is 13.3 Å². The summed E-state index contributed by atoms with van der Waals surface area (Å²) in [4.78, 5) is 9.83. The molecule has 0 aromatic heterocycles. The van der Waals surface area contributed by atoms with E-state index >= 15 is 0 Å². The van der Waals surface area contributed by atoms with Crippen molar-refractivity contribution in [3.8, 4) is 0 Å². The van der Waals surface area contributed by atoms with E-state index in [1.165, 1.54) is 18.2 Å². The molecule has 0 amide bonds. The number of nitrogens with zero attached hydrogens (tertiary/aromatic N) is 1. The number of halogens is 1. The summed E-state index contributed by atoms with van der Waals surface area (Å²) in [5, 5.41) is 10.8. The second-order valence-corrected chi connectivity index (χ2v) is 6.82. The van der Waals surface area contributed by atoms with E-state index < -0.39 is 20.6 Å². The van der Waals surface area contributed by atoms with E-state index in [9.17, 15) is 18.5 Å². The van der Waals surface area contributed by atoms with Crippen molar-refractivity contribution >= 4 is 31.6 Å². The zero-order chi connectivity index (χ0) is 13.3. The van der Waals surface area contributed by atoms with E-state index in [-0.39, 0.29) is 4.90 Å². The Labute approximate surface area is 113 Å². The Kier molecular flexibility index (Phi) is 3.69. The average Bonchev–Trinajstić information content (AvgIpc) is 3.09. The van der Waals surface area contributed by atoms with Crippen LogP contribution in [0.25, 0.3) is 0 Å². The minimum Gasteiger partial charge on any atom is -0.258 e. The van der Waals surface area contributed by atoms with Crippen LogP contribution < -0.4 is 4.72 Å². The van der Waals surface area contributed by atoms with Gasteiger partial charge in [-0.1, -0.05) is 15.9 Å². The van der Waals surface area contributed by atoms with Crippen LogP contribution in [0.2, 0.25) is 0 Å². The lowest BCUT2D eigenvalue weighted by molar-refractivity contribution is -0.387. The Morgan fingerprint density at radius 1 is 1.44 bits per heavy atom. The van der Waals surface area contributed by atoms with E-state index in [1.54, 1.807) is 0 Å². The molecule has 1 aliphatic carbocycles. The number of nitro groups is 1. The maximum Gasteiger partial charge on any atom is 0.289 e. The van der Waals surface area contributed by atoms with Crippen LogP contribution in [0.4, 0.5) is 5.69 Å². The van der Waals surface area contributed by atoms with Crippen molar-refractivity contribution in [1.82, 2.24) is 4.72 Å². The highest BCUT2D eigenvalue weighted by atomic mass is 79.9. The first-order valence-corrected chi connectivity index (χ1v) is 7.61. The molecular formula is C10H11BrN2O4S. The van der Waals surface area contributed by atoms with Gasteiger partial charge in [0, 0.05) is 17.1 Å². The van der Waals surface area contributed by atoms with Crippen molar-refractivity contribution in [2.45, 2.75) is 17.7 Å². The molecule has 0 heterocycles. The Morgan fingerprint density at radius 2 is 2.11 bits per heavy atom. The Morgan fingerprint density at radius 3 is 2.67 bits per heavy atom. The molecule has 0 radical (unpaired) electrons. The topological polar surface area (TPSA) is 89.3 Å². The number of rotatable bonds is 5. The Balaban J connectivity index is 2.34. The third-order valence-corrected chi connectivity index (χ3v) is 4.61. The molecule has 98 valence electrons. The lowest BCUT2D eigenvalue weighted by atomic mass is 10.3. The molecule has 1 aromatic rings. The van der Waals surface area contributed by atoms with Gasteiger partial charge in [-0.2, -0.15) is 0 Å². The SMILES string of the molecule is O=[N+]([O-])c1ccc(Br)cc1S(=O)(=O)NCC1CC1. The summed E-state index contributed by atoms with van der Waals surface area (Å²) in [5.74, 6) is 0.367. The van der Waals surface area contributed by atoms with Crippen LogP contribution in [0.5, 0.6) is 0 Å². The molecule has 6 nitrogen and oxygen atoms in total. The number of hydrogen-bond donors (Lipinski definition) is 1. The number of nitro benzene ring substituents is 1. The van der Waals surface area contributed by atoms with Gasteiger partial charge in [-0.15, -0.1) is 0 Å². The molecule has 1 aliphatic rings. The van der Waals surface area contributed by atoms with Crippen LogP contribution >= 0.6 is 15.9 Å². The highest BCUT2D eigenvalue weighted by Gasteiger charge is 2.29. The first-order chi connectivity index (χ1) is 8.40. The Hall–Kier alpha value is -0.990. The van der Waals surface area contributed by atoms with E-state index in [0.29, 0.717) is 16.9 Å². The smallest absolute Gasteiger partial charge is 0.258 e. The largest absolute Gasteiger partial charge is 0.289 e. The average molecular weight is 335 g/mol. The highest BCUT2D eigenvalue weighted by molar-refractivity contribution is 9.10. The lowest BCUT2D eigenvalue weighted by Crippen LogP contribution is -2.26. The van der Waals surface area contributed by atoms with Crippen molar-refractivity contribution in [2.24, 2.45) is 5.92 Å². The molecule has 0 spiro atoms. The number of nitrogens with one attached hydrogen (secondary N) is 1. The number of hydrogen-bond acceptors (Lipinski definition) is 4. The maximum atomic E-state index is 12.0. The van der Waals surface area contributed by atoms with Gasteiger partial charge in [0.15, 0.2) is 4.90 Å². The van der Waals surface area contributed by atoms with E-state index in [2.05, 4.69) is 20.7 Å². The van der Waals surface area contributed by atoms with Gasteiger partial charge < -0.3 is 0 Å². The van der Waals surface area contributed by atoms with Gasteiger partial charge in [-0.25, -0.2) is 13.1 Å². The fraction of sp³-hybridized carbons (Fsp3) is 0.400. The summed E-state index contributed by atoms with van der Waals surface area (Å²) in [6.45, 7) is 0.339. The molecule has 1 aromatic carbocycles.